The fourth-order valence-electron chi connectivity index (χ4n) is 3.34. The molecule has 1 aromatic heterocycles. The first-order valence-electron chi connectivity index (χ1n) is 8.95. The van der Waals surface area contributed by atoms with Crippen LogP contribution in [0.5, 0.6) is 0 Å². The van der Waals surface area contributed by atoms with Crippen molar-refractivity contribution in [2.24, 2.45) is 5.92 Å². The number of aromatic nitrogens is 2. The lowest BCUT2D eigenvalue weighted by atomic mass is 9.97. The van der Waals surface area contributed by atoms with E-state index in [9.17, 15) is 9.59 Å². The number of esters is 1. The van der Waals surface area contributed by atoms with Gasteiger partial charge in [-0.1, -0.05) is 12.1 Å². The Bertz CT molecular complexity index is 760. The summed E-state index contributed by atoms with van der Waals surface area (Å²) < 4.78 is 6.96. The number of rotatable bonds is 5. The lowest BCUT2D eigenvalue weighted by Gasteiger charge is -2.31. The summed E-state index contributed by atoms with van der Waals surface area (Å²) in [5, 5.41) is 5.48. The highest BCUT2D eigenvalue weighted by molar-refractivity contribution is 5.80. The molecule has 134 valence electrons. The Kier molecular flexibility index (Phi) is 5.36. The maximum atomic E-state index is 12.5. The van der Waals surface area contributed by atoms with Gasteiger partial charge in [0.15, 0.2) is 0 Å². The van der Waals surface area contributed by atoms with Crippen molar-refractivity contribution in [1.82, 2.24) is 14.7 Å². The van der Waals surface area contributed by atoms with Gasteiger partial charge in [0, 0.05) is 24.9 Å². The predicted molar refractivity (Wildman–Crippen MR) is 95.0 cm³/mol. The number of ether oxygens (including phenoxy) is 1. The normalized spacial score (nSPS) is 15.5. The molecular weight excluding hydrogens is 318 g/mol. The van der Waals surface area contributed by atoms with Gasteiger partial charge in [-0.3, -0.25) is 14.3 Å². The van der Waals surface area contributed by atoms with E-state index in [4.69, 9.17) is 4.74 Å². The summed E-state index contributed by atoms with van der Waals surface area (Å²) in [6, 6.07) is 6.21. The van der Waals surface area contributed by atoms with Crippen LogP contribution in [0.15, 0.2) is 24.4 Å². The van der Waals surface area contributed by atoms with E-state index in [2.05, 4.69) is 30.2 Å². The number of nitrogens with zero attached hydrogens (tertiary/aromatic N) is 3. The second kappa shape index (κ2) is 7.68. The number of carbonyl (C=O) groups excluding carboxylic acids is 2. The Morgan fingerprint density at radius 1 is 1.28 bits per heavy atom. The van der Waals surface area contributed by atoms with Gasteiger partial charge in [0.05, 0.1) is 30.8 Å². The number of fused-ring (bicyclic) bond motifs is 1. The van der Waals surface area contributed by atoms with Crippen LogP contribution in [-0.4, -0.2) is 46.3 Å². The quantitative estimate of drug-likeness (QED) is 0.783. The van der Waals surface area contributed by atoms with E-state index in [0.29, 0.717) is 45.5 Å². The summed E-state index contributed by atoms with van der Waals surface area (Å²) in [7, 11) is 0. The Morgan fingerprint density at radius 3 is 2.76 bits per heavy atom. The number of aryl methyl sites for hydroxylation is 2. The summed E-state index contributed by atoms with van der Waals surface area (Å²) in [5.74, 6) is -0.0753. The third-order valence-corrected chi connectivity index (χ3v) is 4.81. The number of hydrogen-bond donors (Lipinski definition) is 0. The zero-order chi connectivity index (χ0) is 17.8. The number of amides is 1. The molecule has 0 saturated carbocycles. The SMILES string of the molecule is CCOC(=O)C1CCN(C(=O)CCn2ncc3ccc(C)cc32)CC1. The topological polar surface area (TPSA) is 64.4 Å². The van der Waals surface area contributed by atoms with Crippen molar-refractivity contribution in [2.45, 2.75) is 39.7 Å². The third kappa shape index (κ3) is 4.00. The maximum Gasteiger partial charge on any atom is 0.309 e. The van der Waals surface area contributed by atoms with Crippen LogP contribution in [0.2, 0.25) is 0 Å². The van der Waals surface area contributed by atoms with Gasteiger partial charge in [-0.15, -0.1) is 0 Å². The second-order valence-electron chi connectivity index (χ2n) is 6.59. The van der Waals surface area contributed by atoms with Gasteiger partial charge in [-0.2, -0.15) is 5.10 Å². The van der Waals surface area contributed by atoms with Crippen molar-refractivity contribution in [3.05, 3.63) is 30.0 Å². The van der Waals surface area contributed by atoms with Gasteiger partial charge in [0.2, 0.25) is 5.91 Å². The zero-order valence-corrected chi connectivity index (χ0v) is 14.9. The molecule has 0 N–H and O–H groups in total. The van der Waals surface area contributed by atoms with Crippen molar-refractivity contribution >= 4 is 22.8 Å². The molecule has 6 nitrogen and oxygen atoms in total. The zero-order valence-electron chi connectivity index (χ0n) is 14.9. The molecule has 1 aliphatic heterocycles. The standard InChI is InChI=1S/C19H25N3O3/c1-3-25-19(24)15-6-9-21(10-7-15)18(23)8-11-22-17-12-14(2)4-5-16(17)13-20-22/h4-5,12-13,15H,3,6-11H2,1-2H3. The molecule has 0 unspecified atom stereocenters. The second-order valence-corrected chi connectivity index (χ2v) is 6.59. The molecule has 1 aromatic carbocycles. The van der Waals surface area contributed by atoms with Crippen LogP contribution in [0.3, 0.4) is 0 Å². The molecule has 3 rings (SSSR count). The molecule has 1 aliphatic rings. The van der Waals surface area contributed by atoms with Crippen molar-refractivity contribution in [1.29, 1.82) is 0 Å². The summed E-state index contributed by atoms with van der Waals surface area (Å²) in [6.07, 6.45) is 3.64. The van der Waals surface area contributed by atoms with E-state index in [1.807, 2.05) is 22.7 Å². The van der Waals surface area contributed by atoms with Gasteiger partial charge in [-0.05, 0) is 38.3 Å². The molecule has 1 saturated heterocycles. The molecule has 0 atom stereocenters. The lowest BCUT2D eigenvalue weighted by Crippen LogP contribution is -2.40. The molecule has 25 heavy (non-hydrogen) atoms. The summed E-state index contributed by atoms with van der Waals surface area (Å²) in [5.41, 5.74) is 2.25. The smallest absolute Gasteiger partial charge is 0.309 e. The van der Waals surface area contributed by atoms with Crippen LogP contribution < -0.4 is 0 Å². The fraction of sp³-hybridized carbons (Fsp3) is 0.526. The molecule has 0 bridgehead atoms. The average Bonchev–Trinajstić information content (AvgIpc) is 3.02. The van der Waals surface area contributed by atoms with Crippen LogP contribution in [0.25, 0.3) is 10.9 Å². The van der Waals surface area contributed by atoms with Crippen LogP contribution in [-0.2, 0) is 20.9 Å². The largest absolute Gasteiger partial charge is 0.466 e. The molecule has 1 fully saturated rings. The molecule has 2 aromatic rings. The van der Waals surface area contributed by atoms with E-state index < -0.39 is 0 Å². The number of likely N-dealkylation sites (tertiary alicyclic amines) is 1. The summed E-state index contributed by atoms with van der Waals surface area (Å²) in [6.45, 7) is 6.11. The Hall–Kier alpha value is -2.37. The Labute approximate surface area is 147 Å². The molecule has 0 radical (unpaired) electrons. The van der Waals surface area contributed by atoms with E-state index in [1.165, 1.54) is 5.56 Å². The first-order valence-corrected chi connectivity index (χ1v) is 8.95. The van der Waals surface area contributed by atoms with Crippen LogP contribution in [0.1, 0.15) is 31.7 Å². The highest BCUT2D eigenvalue weighted by Gasteiger charge is 2.28. The first kappa shape index (κ1) is 17.5. The maximum absolute atomic E-state index is 12.5. The van der Waals surface area contributed by atoms with Crippen molar-refractivity contribution < 1.29 is 14.3 Å². The van der Waals surface area contributed by atoms with Crippen LogP contribution in [0.4, 0.5) is 0 Å². The molecule has 0 spiro atoms. The molecule has 1 amide bonds. The van der Waals surface area contributed by atoms with Gasteiger partial charge < -0.3 is 9.64 Å². The van der Waals surface area contributed by atoms with E-state index in [-0.39, 0.29) is 17.8 Å². The van der Waals surface area contributed by atoms with E-state index in [0.717, 1.165) is 10.9 Å². The Balaban J connectivity index is 1.53. The number of piperidine rings is 1. The van der Waals surface area contributed by atoms with Crippen LogP contribution in [0, 0.1) is 12.8 Å². The average molecular weight is 343 g/mol. The molecule has 6 heteroatoms. The van der Waals surface area contributed by atoms with E-state index in [1.54, 1.807) is 0 Å². The molecule has 2 heterocycles. The minimum absolute atomic E-state index is 0.0676. The van der Waals surface area contributed by atoms with Crippen molar-refractivity contribution in [3.63, 3.8) is 0 Å². The third-order valence-electron chi connectivity index (χ3n) is 4.81. The number of benzene rings is 1. The minimum atomic E-state index is -0.132. The first-order chi connectivity index (χ1) is 12.1. The van der Waals surface area contributed by atoms with Gasteiger partial charge in [0.25, 0.3) is 0 Å². The summed E-state index contributed by atoms with van der Waals surface area (Å²) >= 11 is 0. The summed E-state index contributed by atoms with van der Waals surface area (Å²) in [4.78, 5) is 26.1. The molecule has 0 aliphatic carbocycles. The van der Waals surface area contributed by atoms with Crippen molar-refractivity contribution in [2.75, 3.05) is 19.7 Å². The lowest BCUT2D eigenvalue weighted by molar-refractivity contribution is -0.151. The van der Waals surface area contributed by atoms with Gasteiger partial charge in [-0.25, -0.2) is 0 Å². The predicted octanol–water partition coefficient (Wildman–Crippen LogP) is 2.54. The number of hydrogen-bond acceptors (Lipinski definition) is 4. The van der Waals surface area contributed by atoms with Gasteiger partial charge >= 0.3 is 5.97 Å². The highest BCUT2D eigenvalue weighted by atomic mass is 16.5. The van der Waals surface area contributed by atoms with Gasteiger partial charge in [0.1, 0.15) is 0 Å². The van der Waals surface area contributed by atoms with Crippen LogP contribution >= 0.6 is 0 Å². The monoisotopic (exact) mass is 343 g/mol. The minimum Gasteiger partial charge on any atom is -0.466 e. The van der Waals surface area contributed by atoms with E-state index >= 15 is 0 Å². The Morgan fingerprint density at radius 2 is 2.04 bits per heavy atom. The highest BCUT2D eigenvalue weighted by Crippen LogP contribution is 2.20. The molecular formula is C19H25N3O3. The van der Waals surface area contributed by atoms with Crippen molar-refractivity contribution in [3.8, 4) is 0 Å². The number of carbonyl (C=O) groups is 2. The fourth-order valence-corrected chi connectivity index (χ4v) is 3.34.